The number of nitrogens with zero attached hydrogens (tertiary/aromatic N) is 2. The van der Waals surface area contributed by atoms with Gasteiger partial charge in [0, 0.05) is 18.2 Å². The fraction of sp³-hybridized carbons (Fsp3) is 0.368. The molecule has 2 aliphatic carbocycles. The maximum atomic E-state index is 12.4. The highest BCUT2D eigenvalue weighted by molar-refractivity contribution is 5.93. The number of amides is 1. The Morgan fingerprint density at radius 1 is 1.28 bits per heavy atom. The highest BCUT2D eigenvalue weighted by atomic mass is 16.2. The van der Waals surface area contributed by atoms with Crippen LogP contribution in [0, 0.1) is 11.3 Å². The Bertz CT molecular complexity index is 937. The zero-order valence-electron chi connectivity index (χ0n) is 13.7. The Labute approximate surface area is 144 Å². The van der Waals surface area contributed by atoms with Crippen molar-refractivity contribution in [2.45, 2.75) is 44.1 Å². The molecule has 2 aliphatic rings. The molecule has 25 heavy (non-hydrogen) atoms. The number of fused-ring (bicyclic) bond motifs is 1. The topological polar surface area (TPSA) is 98.6 Å². The average Bonchev–Trinajstić information content (AvgIpc) is 2.94. The Balaban J connectivity index is 1.46. The van der Waals surface area contributed by atoms with E-state index in [-0.39, 0.29) is 17.2 Å². The van der Waals surface area contributed by atoms with Gasteiger partial charge in [0.25, 0.3) is 11.5 Å². The molecular formula is C19H18N4O2. The molecule has 4 rings (SSSR count). The van der Waals surface area contributed by atoms with Crippen LogP contribution in [0.5, 0.6) is 0 Å². The minimum Gasteiger partial charge on any atom is -0.348 e. The van der Waals surface area contributed by atoms with Gasteiger partial charge in [0.1, 0.15) is 11.4 Å². The van der Waals surface area contributed by atoms with Gasteiger partial charge in [0.2, 0.25) is 0 Å². The van der Waals surface area contributed by atoms with E-state index < -0.39 is 5.91 Å². The smallest absolute Gasteiger partial charge is 0.263 e. The molecule has 0 saturated heterocycles. The van der Waals surface area contributed by atoms with E-state index in [2.05, 4.69) is 21.4 Å². The van der Waals surface area contributed by atoms with Crippen molar-refractivity contribution < 1.29 is 4.79 Å². The Morgan fingerprint density at radius 2 is 2.08 bits per heavy atom. The fourth-order valence-electron chi connectivity index (χ4n) is 3.51. The highest BCUT2D eigenvalue weighted by Crippen LogP contribution is 2.33. The van der Waals surface area contributed by atoms with Crippen molar-refractivity contribution in [3.8, 4) is 6.07 Å². The molecule has 1 heterocycles. The van der Waals surface area contributed by atoms with Gasteiger partial charge in [-0.05, 0) is 48.9 Å². The summed E-state index contributed by atoms with van der Waals surface area (Å²) in [6.45, 7) is 0. The van der Waals surface area contributed by atoms with Crippen LogP contribution in [-0.2, 0) is 12.8 Å². The number of nitrogens with one attached hydrogen (secondary N) is 2. The molecule has 1 saturated carbocycles. The molecule has 1 aromatic heterocycles. The summed E-state index contributed by atoms with van der Waals surface area (Å²) >= 11 is 0. The van der Waals surface area contributed by atoms with Crippen LogP contribution in [0.25, 0.3) is 0 Å². The largest absolute Gasteiger partial charge is 0.348 e. The molecule has 1 aromatic carbocycles. The second kappa shape index (κ2) is 6.17. The molecule has 2 aromatic rings. The molecule has 1 fully saturated rings. The number of carbonyl (C=O) groups excluding carboxylic acids is 1. The first-order valence-electron chi connectivity index (χ1n) is 8.56. The van der Waals surface area contributed by atoms with Crippen molar-refractivity contribution in [3.63, 3.8) is 0 Å². The van der Waals surface area contributed by atoms with Gasteiger partial charge in [-0.2, -0.15) is 5.26 Å². The van der Waals surface area contributed by atoms with Gasteiger partial charge in [0.05, 0.1) is 11.6 Å². The van der Waals surface area contributed by atoms with Crippen molar-refractivity contribution in [3.05, 3.63) is 62.8 Å². The predicted molar refractivity (Wildman–Crippen MR) is 91.3 cm³/mol. The molecule has 0 bridgehead atoms. The molecule has 0 radical (unpaired) electrons. The maximum Gasteiger partial charge on any atom is 0.263 e. The van der Waals surface area contributed by atoms with Crippen molar-refractivity contribution in [1.82, 2.24) is 15.3 Å². The second-order valence-corrected chi connectivity index (χ2v) is 6.81. The zero-order valence-corrected chi connectivity index (χ0v) is 13.7. The van der Waals surface area contributed by atoms with E-state index in [1.165, 1.54) is 6.20 Å². The number of rotatable bonds is 3. The van der Waals surface area contributed by atoms with Crippen molar-refractivity contribution in [1.29, 1.82) is 5.26 Å². The van der Waals surface area contributed by atoms with E-state index in [1.54, 1.807) is 6.07 Å². The van der Waals surface area contributed by atoms with Crippen molar-refractivity contribution >= 4 is 5.91 Å². The third kappa shape index (κ3) is 2.93. The summed E-state index contributed by atoms with van der Waals surface area (Å²) < 4.78 is 0. The first kappa shape index (κ1) is 15.6. The molecule has 126 valence electrons. The highest BCUT2D eigenvalue weighted by Gasteiger charge is 2.26. The summed E-state index contributed by atoms with van der Waals surface area (Å²) in [6, 6.07) is 7.65. The van der Waals surface area contributed by atoms with Gasteiger partial charge in [-0.25, -0.2) is 4.98 Å². The Morgan fingerprint density at radius 3 is 2.76 bits per heavy atom. The summed E-state index contributed by atoms with van der Waals surface area (Å²) in [4.78, 5) is 31.7. The summed E-state index contributed by atoms with van der Waals surface area (Å²) in [5.74, 6) is 0.612. The molecule has 0 spiro atoms. The molecule has 0 aliphatic heterocycles. The van der Waals surface area contributed by atoms with Gasteiger partial charge in [-0.15, -0.1) is 0 Å². The standard InChI is InChI=1S/C19H18N4O2/c20-9-11-4-5-13-7-15(8-14(13)6-11)22-18(24)16-10-21-17(23-19(16)25)12-2-1-3-12/h4-6,10,12,15H,1-3,7-8H2,(H,22,24)(H,21,23,25). The van der Waals surface area contributed by atoms with E-state index >= 15 is 0 Å². The van der Waals surface area contributed by atoms with Crippen LogP contribution in [0.1, 0.15) is 58.1 Å². The lowest BCUT2D eigenvalue weighted by Gasteiger charge is -2.24. The summed E-state index contributed by atoms with van der Waals surface area (Å²) in [6.07, 6.45) is 6.00. The van der Waals surface area contributed by atoms with Crippen LogP contribution in [0.15, 0.2) is 29.2 Å². The monoisotopic (exact) mass is 334 g/mol. The van der Waals surface area contributed by atoms with E-state index in [0.29, 0.717) is 30.1 Å². The van der Waals surface area contributed by atoms with E-state index in [9.17, 15) is 9.59 Å². The lowest BCUT2D eigenvalue weighted by molar-refractivity contribution is 0.0936. The van der Waals surface area contributed by atoms with Crippen molar-refractivity contribution in [2.75, 3.05) is 0 Å². The van der Waals surface area contributed by atoms with Gasteiger partial charge in [-0.1, -0.05) is 12.5 Å². The molecule has 1 amide bonds. The zero-order chi connectivity index (χ0) is 17.4. The number of nitriles is 1. The number of hydrogen-bond donors (Lipinski definition) is 2. The van der Waals surface area contributed by atoms with Gasteiger partial charge < -0.3 is 10.3 Å². The average molecular weight is 334 g/mol. The molecular weight excluding hydrogens is 316 g/mol. The quantitative estimate of drug-likeness (QED) is 0.894. The molecule has 1 atom stereocenters. The van der Waals surface area contributed by atoms with Crippen LogP contribution in [0.3, 0.4) is 0 Å². The third-order valence-corrected chi connectivity index (χ3v) is 5.16. The summed E-state index contributed by atoms with van der Waals surface area (Å²) in [5.41, 5.74) is 2.51. The van der Waals surface area contributed by atoms with Gasteiger partial charge in [0.15, 0.2) is 0 Å². The maximum absolute atomic E-state index is 12.4. The van der Waals surface area contributed by atoms with Crippen LogP contribution >= 0.6 is 0 Å². The van der Waals surface area contributed by atoms with Crippen LogP contribution in [-0.4, -0.2) is 21.9 Å². The summed E-state index contributed by atoms with van der Waals surface area (Å²) in [5, 5.41) is 11.9. The number of H-pyrrole nitrogens is 1. The molecule has 6 heteroatoms. The van der Waals surface area contributed by atoms with Crippen LogP contribution in [0.4, 0.5) is 0 Å². The number of benzene rings is 1. The SMILES string of the molecule is N#Cc1ccc2c(c1)CC(NC(=O)c1cnc(C3CCC3)[nH]c1=O)C2. The number of aromatic nitrogens is 2. The van der Waals surface area contributed by atoms with Crippen LogP contribution < -0.4 is 10.9 Å². The predicted octanol–water partition coefficient (Wildman–Crippen LogP) is 1.81. The van der Waals surface area contributed by atoms with E-state index in [4.69, 9.17) is 5.26 Å². The fourth-order valence-corrected chi connectivity index (χ4v) is 3.51. The first-order chi connectivity index (χ1) is 12.1. The number of hydrogen-bond acceptors (Lipinski definition) is 4. The summed E-state index contributed by atoms with van der Waals surface area (Å²) in [7, 11) is 0. The lowest BCUT2D eigenvalue weighted by atomic mass is 9.85. The lowest BCUT2D eigenvalue weighted by Crippen LogP contribution is -2.38. The normalized spacial score (nSPS) is 18.9. The van der Waals surface area contributed by atoms with Crippen LogP contribution in [0.2, 0.25) is 0 Å². The van der Waals surface area contributed by atoms with Crippen molar-refractivity contribution in [2.24, 2.45) is 0 Å². The first-order valence-corrected chi connectivity index (χ1v) is 8.56. The Kier molecular flexibility index (Phi) is 3.85. The second-order valence-electron chi connectivity index (χ2n) is 6.81. The van der Waals surface area contributed by atoms with E-state index in [1.807, 2.05) is 12.1 Å². The van der Waals surface area contributed by atoms with Gasteiger partial charge >= 0.3 is 0 Å². The third-order valence-electron chi connectivity index (χ3n) is 5.16. The molecule has 6 nitrogen and oxygen atoms in total. The molecule has 1 unspecified atom stereocenters. The Hall–Kier alpha value is -2.94. The minimum absolute atomic E-state index is 0.0525. The number of aromatic amines is 1. The molecule has 2 N–H and O–H groups in total. The number of carbonyl (C=O) groups is 1. The van der Waals surface area contributed by atoms with Gasteiger partial charge in [-0.3, -0.25) is 9.59 Å². The van der Waals surface area contributed by atoms with E-state index in [0.717, 1.165) is 30.4 Å². The minimum atomic E-state index is -0.396.